The molecular weight excluding hydrogens is 382 g/mol. The van der Waals surface area contributed by atoms with E-state index >= 15 is 0 Å². The zero-order valence-corrected chi connectivity index (χ0v) is 17.2. The standard InChI is InChI=1S/C21H21N7O2/c1-11-5-6-13-14(7-11)12(2)30-20-19(23)24-9-16(25-20)18-15(8-22)26-28(4)17(18)10-27(3)21(13)29/h5-7,9,12H,10H2,1-4H3,(H2,23,24)/t12-/m1/s1. The number of hydrogen-bond donors (Lipinski definition) is 1. The number of ether oxygens (including phenoxy) is 1. The van der Waals surface area contributed by atoms with E-state index in [9.17, 15) is 10.1 Å². The highest BCUT2D eigenvalue weighted by Crippen LogP contribution is 2.33. The molecule has 0 spiro atoms. The van der Waals surface area contributed by atoms with Crippen LogP contribution in [0.1, 0.15) is 45.9 Å². The summed E-state index contributed by atoms with van der Waals surface area (Å²) in [5.41, 5.74) is 10.1. The summed E-state index contributed by atoms with van der Waals surface area (Å²) in [5.74, 6) is 0.117. The SMILES string of the molecule is Cc1ccc2c(c1)[C@@H](C)Oc1nc(cnc1N)-c1c(C#N)nn(C)c1CN(C)C2=O. The fourth-order valence-corrected chi connectivity index (χ4v) is 3.62. The van der Waals surface area contributed by atoms with Crippen molar-refractivity contribution in [1.82, 2.24) is 24.6 Å². The van der Waals surface area contributed by atoms with Crippen molar-refractivity contribution in [3.63, 3.8) is 0 Å². The van der Waals surface area contributed by atoms with E-state index in [0.717, 1.165) is 11.1 Å². The van der Waals surface area contributed by atoms with E-state index in [1.807, 2.05) is 26.0 Å². The second kappa shape index (κ2) is 7.15. The molecule has 9 nitrogen and oxygen atoms in total. The Kier molecular flexibility index (Phi) is 4.62. The number of carbonyl (C=O) groups excluding carboxylic acids is 1. The van der Waals surface area contributed by atoms with Crippen molar-refractivity contribution in [3.05, 3.63) is 52.5 Å². The normalized spacial score (nSPS) is 15.9. The molecule has 0 radical (unpaired) electrons. The van der Waals surface area contributed by atoms with Crippen LogP contribution >= 0.6 is 0 Å². The number of benzene rings is 1. The Morgan fingerprint density at radius 1 is 1.33 bits per heavy atom. The average Bonchev–Trinajstić information content (AvgIpc) is 3.03. The monoisotopic (exact) mass is 403 g/mol. The van der Waals surface area contributed by atoms with E-state index in [1.54, 1.807) is 29.7 Å². The third-order valence-electron chi connectivity index (χ3n) is 5.19. The van der Waals surface area contributed by atoms with Gasteiger partial charge in [-0.1, -0.05) is 17.7 Å². The molecule has 1 aliphatic heterocycles. The summed E-state index contributed by atoms with van der Waals surface area (Å²) in [6.07, 6.45) is 0.993. The lowest BCUT2D eigenvalue weighted by atomic mass is 9.99. The fraction of sp³-hybridized carbons (Fsp3) is 0.286. The van der Waals surface area contributed by atoms with Crippen molar-refractivity contribution >= 4 is 11.7 Å². The van der Waals surface area contributed by atoms with Gasteiger partial charge in [-0.3, -0.25) is 9.48 Å². The molecule has 2 aromatic heterocycles. The Hall–Kier alpha value is -3.93. The van der Waals surface area contributed by atoms with E-state index in [1.165, 1.54) is 6.20 Å². The number of aromatic nitrogens is 4. The summed E-state index contributed by atoms with van der Waals surface area (Å²) in [5, 5.41) is 13.9. The predicted molar refractivity (Wildman–Crippen MR) is 109 cm³/mol. The van der Waals surface area contributed by atoms with Gasteiger partial charge < -0.3 is 15.4 Å². The minimum Gasteiger partial charge on any atom is -0.467 e. The first kappa shape index (κ1) is 19.4. The summed E-state index contributed by atoms with van der Waals surface area (Å²) in [6, 6.07) is 7.71. The van der Waals surface area contributed by atoms with Crippen molar-refractivity contribution in [2.45, 2.75) is 26.5 Å². The van der Waals surface area contributed by atoms with Crippen molar-refractivity contribution in [1.29, 1.82) is 5.26 Å². The maximum Gasteiger partial charge on any atom is 0.258 e. The number of nitrogens with zero attached hydrogens (tertiary/aromatic N) is 6. The van der Waals surface area contributed by atoms with Gasteiger partial charge >= 0.3 is 0 Å². The van der Waals surface area contributed by atoms with Crippen LogP contribution in [0, 0.1) is 18.3 Å². The molecule has 9 heteroatoms. The number of carbonyl (C=O) groups is 1. The van der Waals surface area contributed by atoms with Crippen LogP contribution in [-0.4, -0.2) is 37.6 Å². The molecule has 4 rings (SSSR count). The highest BCUT2D eigenvalue weighted by atomic mass is 16.5. The van der Waals surface area contributed by atoms with E-state index in [2.05, 4.69) is 21.1 Å². The molecule has 0 unspecified atom stereocenters. The number of fused-ring (bicyclic) bond motifs is 5. The molecule has 1 aromatic carbocycles. The summed E-state index contributed by atoms with van der Waals surface area (Å²) in [6.45, 7) is 4.03. The number of anilines is 1. The van der Waals surface area contributed by atoms with Gasteiger partial charge in [-0.05, 0) is 19.9 Å². The fourth-order valence-electron chi connectivity index (χ4n) is 3.62. The third-order valence-corrected chi connectivity index (χ3v) is 5.19. The Morgan fingerprint density at radius 2 is 2.10 bits per heavy atom. The van der Waals surface area contributed by atoms with Crippen molar-refractivity contribution in [2.75, 3.05) is 12.8 Å². The van der Waals surface area contributed by atoms with Crippen LogP contribution in [0.15, 0.2) is 24.4 Å². The number of rotatable bonds is 0. The van der Waals surface area contributed by atoms with Crippen LogP contribution in [0.2, 0.25) is 0 Å². The Bertz CT molecular complexity index is 1210. The van der Waals surface area contributed by atoms with Gasteiger partial charge in [0.2, 0.25) is 0 Å². The van der Waals surface area contributed by atoms with Gasteiger partial charge in [-0.2, -0.15) is 10.4 Å². The zero-order valence-electron chi connectivity index (χ0n) is 17.2. The highest BCUT2D eigenvalue weighted by Gasteiger charge is 2.27. The van der Waals surface area contributed by atoms with Crippen LogP contribution in [0.25, 0.3) is 11.3 Å². The molecule has 0 aliphatic carbocycles. The van der Waals surface area contributed by atoms with Gasteiger partial charge in [0.05, 0.1) is 29.7 Å². The van der Waals surface area contributed by atoms with E-state index < -0.39 is 6.10 Å². The van der Waals surface area contributed by atoms with E-state index in [0.29, 0.717) is 22.5 Å². The number of hydrogen-bond acceptors (Lipinski definition) is 7. The van der Waals surface area contributed by atoms with E-state index in [-0.39, 0.29) is 29.8 Å². The number of nitriles is 1. The molecule has 2 bridgehead atoms. The molecule has 1 amide bonds. The van der Waals surface area contributed by atoms with Gasteiger partial charge in [-0.15, -0.1) is 0 Å². The second-order valence-corrected chi connectivity index (χ2v) is 7.36. The highest BCUT2D eigenvalue weighted by molar-refractivity contribution is 5.96. The molecule has 3 aromatic rings. The first-order chi connectivity index (χ1) is 14.3. The van der Waals surface area contributed by atoms with Crippen molar-refractivity contribution < 1.29 is 9.53 Å². The lowest BCUT2D eigenvalue weighted by molar-refractivity contribution is 0.0777. The van der Waals surface area contributed by atoms with Crippen molar-refractivity contribution in [3.8, 4) is 23.2 Å². The first-order valence-corrected chi connectivity index (χ1v) is 9.41. The molecule has 0 saturated heterocycles. The number of nitrogen functional groups attached to an aromatic ring is 1. The molecule has 2 N–H and O–H groups in total. The summed E-state index contributed by atoms with van der Waals surface area (Å²) in [4.78, 5) is 23.7. The topological polar surface area (TPSA) is 123 Å². The second-order valence-electron chi connectivity index (χ2n) is 7.36. The molecule has 3 heterocycles. The third kappa shape index (κ3) is 3.12. The number of aryl methyl sites for hydroxylation is 2. The maximum atomic E-state index is 13.3. The van der Waals surface area contributed by atoms with Crippen LogP contribution < -0.4 is 10.5 Å². The zero-order chi connectivity index (χ0) is 21.6. The predicted octanol–water partition coefficient (Wildman–Crippen LogP) is 2.37. The van der Waals surface area contributed by atoms with Gasteiger partial charge in [0.25, 0.3) is 11.8 Å². The smallest absolute Gasteiger partial charge is 0.258 e. The molecule has 30 heavy (non-hydrogen) atoms. The molecule has 0 saturated carbocycles. The van der Waals surface area contributed by atoms with Crippen LogP contribution in [0.5, 0.6) is 5.88 Å². The summed E-state index contributed by atoms with van der Waals surface area (Å²) < 4.78 is 7.62. The van der Waals surface area contributed by atoms with Gasteiger partial charge in [-0.25, -0.2) is 9.97 Å². The molecule has 1 aliphatic rings. The van der Waals surface area contributed by atoms with Gasteiger partial charge in [0.15, 0.2) is 11.5 Å². The Balaban J connectivity index is 1.99. The number of amides is 1. The molecule has 1 atom stereocenters. The maximum absolute atomic E-state index is 13.3. The Morgan fingerprint density at radius 3 is 2.83 bits per heavy atom. The minimum absolute atomic E-state index is 0.129. The van der Waals surface area contributed by atoms with E-state index in [4.69, 9.17) is 10.5 Å². The van der Waals surface area contributed by atoms with Gasteiger partial charge in [0.1, 0.15) is 12.2 Å². The average molecular weight is 403 g/mol. The largest absolute Gasteiger partial charge is 0.467 e. The first-order valence-electron chi connectivity index (χ1n) is 9.41. The number of nitrogens with two attached hydrogens (primary N) is 1. The summed E-state index contributed by atoms with van der Waals surface area (Å²) >= 11 is 0. The van der Waals surface area contributed by atoms with Gasteiger partial charge in [0, 0.05) is 25.2 Å². The quantitative estimate of drug-likeness (QED) is 0.611. The lowest BCUT2D eigenvalue weighted by Crippen LogP contribution is -2.29. The Labute approximate surface area is 173 Å². The molecular formula is C21H21N7O2. The molecule has 0 fully saturated rings. The van der Waals surface area contributed by atoms with Crippen LogP contribution in [0.4, 0.5) is 5.82 Å². The molecule has 152 valence electrons. The lowest BCUT2D eigenvalue weighted by Gasteiger charge is -2.24. The van der Waals surface area contributed by atoms with Crippen molar-refractivity contribution in [2.24, 2.45) is 7.05 Å². The van der Waals surface area contributed by atoms with Crippen LogP contribution in [0.3, 0.4) is 0 Å². The van der Waals surface area contributed by atoms with Crippen LogP contribution in [-0.2, 0) is 13.6 Å². The summed E-state index contributed by atoms with van der Waals surface area (Å²) in [7, 11) is 3.44. The minimum atomic E-state index is -0.493.